The Balaban J connectivity index is 2.28. The third-order valence-electron chi connectivity index (χ3n) is 2.66. The van der Waals surface area contributed by atoms with Crippen molar-refractivity contribution in [3.63, 3.8) is 0 Å². The Kier molecular flexibility index (Phi) is 3.28. The zero-order chi connectivity index (χ0) is 13.1. The van der Waals surface area contributed by atoms with Crippen LogP contribution in [0.1, 0.15) is 12.5 Å². The van der Waals surface area contributed by atoms with E-state index in [1.54, 1.807) is 18.2 Å². The fourth-order valence-electron chi connectivity index (χ4n) is 1.74. The molecule has 0 bridgehead atoms. The van der Waals surface area contributed by atoms with Crippen molar-refractivity contribution in [2.75, 3.05) is 17.2 Å². The van der Waals surface area contributed by atoms with E-state index in [1.807, 2.05) is 18.2 Å². The number of hydrogen-bond donors (Lipinski definition) is 3. The molecule has 94 valence electrons. The molecule has 0 aliphatic carbocycles. The summed E-state index contributed by atoms with van der Waals surface area (Å²) in [5.74, 6) is 1.20. The lowest BCUT2D eigenvalue weighted by Crippen LogP contribution is -1.96. The summed E-state index contributed by atoms with van der Waals surface area (Å²) in [6, 6.07) is 10.9. The normalized spacial score (nSPS) is 10.3. The van der Waals surface area contributed by atoms with Gasteiger partial charge in [0, 0.05) is 23.5 Å². The second-order valence-corrected chi connectivity index (χ2v) is 4.16. The van der Waals surface area contributed by atoms with E-state index in [-0.39, 0.29) is 0 Å². The molecule has 0 unspecified atom stereocenters. The summed E-state index contributed by atoms with van der Waals surface area (Å²) in [5, 5.41) is 0. The first-order chi connectivity index (χ1) is 8.58. The molecule has 2 aromatic carbocycles. The van der Waals surface area contributed by atoms with Crippen LogP contribution in [0.3, 0.4) is 0 Å². The SMILES string of the molecule is CCc1ccc(Oc2cc(N)cc(N)c2)c(N)c1. The number of ether oxygens (including phenoxy) is 1. The Morgan fingerprint density at radius 1 is 0.944 bits per heavy atom. The maximum atomic E-state index is 5.93. The van der Waals surface area contributed by atoms with Gasteiger partial charge in [-0.1, -0.05) is 13.0 Å². The number of hydrogen-bond acceptors (Lipinski definition) is 4. The minimum atomic E-state index is 0.564. The minimum absolute atomic E-state index is 0.564. The molecule has 0 aromatic heterocycles. The van der Waals surface area contributed by atoms with Crippen LogP contribution in [-0.2, 0) is 6.42 Å². The lowest BCUT2D eigenvalue weighted by molar-refractivity contribution is 0.485. The van der Waals surface area contributed by atoms with Gasteiger partial charge in [0.2, 0.25) is 0 Å². The van der Waals surface area contributed by atoms with Crippen molar-refractivity contribution in [3.05, 3.63) is 42.0 Å². The van der Waals surface area contributed by atoms with E-state index in [4.69, 9.17) is 21.9 Å². The van der Waals surface area contributed by atoms with Gasteiger partial charge in [0.1, 0.15) is 11.5 Å². The molecule has 0 radical (unpaired) electrons. The lowest BCUT2D eigenvalue weighted by Gasteiger charge is -2.10. The van der Waals surface area contributed by atoms with Gasteiger partial charge < -0.3 is 21.9 Å². The molecule has 0 fully saturated rings. The first kappa shape index (κ1) is 12.1. The zero-order valence-corrected chi connectivity index (χ0v) is 10.3. The first-order valence-electron chi connectivity index (χ1n) is 5.81. The first-order valence-corrected chi connectivity index (χ1v) is 5.81. The van der Waals surface area contributed by atoms with Gasteiger partial charge in [-0.3, -0.25) is 0 Å². The van der Waals surface area contributed by atoms with Gasteiger partial charge in [-0.2, -0.15) is 0 Å². The molecular weight excluding hydrogens is 226 g/mol. The number of benzene rings is 2. The highest BCUT2D eigenvalue weighted by molar-refractivity contribution is 5.60. The molecule has 0 spiro atoms. The Labute approximate surface area is 106 Å². The van der Waals surface area contributed by atoms with Crippen molar-refractivity contribution in [1.82, 2.24) is 0 Å². The molecule has 0 aliphatic rings. The van der Waals surface area contributed by atoms with Crippen LogP contribution in [0.25, 0.3) is 0 Å². The number of anilines is 3. The molecule has 0 aliphatic heterocycles. The van der Waals surface area contributed by atoms with Gasteiger partial charge in [-0.15, -0.1) is 0 Å². The maximum Gasteiger partial charge on any atom is 0.150 e. The summed E-state index contributed by atoms with van der Waals surface area (Å²) < 4.78 is 5.69. The Bertz CT molecular complexity index is 547. The van der Waals surface area contributed by atoms with Crippen molar-refractivity contribution >= 4 is 17.1 Å². The number of nitrogen functional groups attached to an aromatic ring is 3. The minimum Gasteiger partial charge on any atom is -0.455 e. The zero-order valence-electron chi connectivity index (χ0n) is 10.3. The summed E-state index contributed by atoms with van der Waals surface area (Å²) >= 11 is 0. The Morgan fingerprint density at radius 2 is 1.61 bits per heavy atom. The molecule has 0 amide bonds. The molecular formula is C14H17N3O. The van der Waals surface area contributed by atoms with Gasteiger partial charge in [0.15, 0.2) is 0 Å². The summed E-state index contributed by atoms with van der Waals surface area (Å²) in [6.07, 6.45) is 0.940. The van der Waals surface area contributed by atoms with Gasteiger partial charge in [-0.25, -0.2) is 0 Å². The van der Waals surface area contributed by atoms with Gasteiger partial charge in [-0.05, 0) is 30.2 Å². The van der Waals surface area contributed by atoms with Crippen molar-refractivity contribution in [2.45, 2.75) is 13.3 Å². The molecule has 0 saturated carbocycles. The molecule has 6 N–H and O–H groups in total. The Hall–Kier alpha value is -2.36. The number of rotatable bonds is 3. The maximum absolute atomic E-state index is 5.93. The fourth-order valence-corrected chi connectivity index (χ4v) is 1.74. The van der Waals surface area contributed by atoms with E-state index in [2.05, 4.69) is 6.92 Å². The largest absolute Gasteiger partial charge is 0.455 e. The van der Waals surface area contributed by atoms with E-state index < -0.39 is 0 Å². The summed E-state index contributed by atoms with van der Waals surface area (Å²) in [4.78, 5) is 0. The summed E-state index contributed by atoms with van der Waals surface area (Å²) in [6.45, 7) is 2.08. The van der Waals surface area contributed by atoms with Crippen LogP contribution in [0.2, 0.25) is 0 Å². The predicted octanol–water partition coefficient (Wildman–Crippen LogP) is 2.79. The second kappa shape index (κ2) is 4.87. The van der Waals surface area contributed by atoms with Gasteiger partial charge in [0.05, 0.1) is 5.69 Å². The molecule has 0 atom stereocenters. The van der Waals surface area contributed by atoms with Crippen LogP contribution >= 0.6 is 0 Å². The third kappa shape index (κ3) is 2.66. The lowest BCUT2D eigenvalue weighted by atomic mass is 10.1. The average molecular weight is 243 g/mol. The smallest absolute Gasteiger partial charge is 0.150 e. The van der Waals surface area contributed by atoms with Crippen molar-refractivity contribution in [2.24, 2.45) is 0 Å². The van der Waals surface area contributed by atoms with Crippen LogP contribution < -0.4 is 21.9 Å². The highest BCUT2D eigenvalue weighted by Gasteiger charge is 2.04. The monoisotopic (exact) mass is 243 g/mol. The molecule has 0 heterocycles. The van der Waals surface area contributed by atoms with Crippen LogP contribution in [0.5, 0.6) is 11.5 Å². The number of aryl methyl sites for hydroxylation is 1. The van der Waals surface area contributed by atoms with Crippen LogP contribution in [0.15, 0.2) is 36.4 Å². The highest BCUT2D eigenvalue weighted by atomic mass is 16.5. The predicted molar refractivity (Wildman–Crippen MR) is 75.6 cm³/mol. The van der Waals surface area contributed by atoms with Crippen molar-refractivity contribution in [3.8, 4) is 11.5 Å². The molecule has 2 aromatic rings. The highest BCUT2D eigenvalue weighted by Crippen LogP contribution is 2.30. The summed E-state index contributed by atoms with van der Waals surface area (Å²) in [7, 11) is 0. The molecule has 4 heteroatoms. The van der Waals surface area contributed by atoms with E-state index in [9.17, 15) is 0 Å². The second-order valence-electron chi connectivity index (χ2n) is 4.16. The molecule has 4 nitrogen and oxygen atoms in total. The fraction of sp³-hybridized carbons (Fsp3) is 0.143. The van der Waals surface area contributed by atoms with Gasteiger partial charge >= 0.3 is 0 Å². The third-order valence-corrected chi connectivity index (χ3v) is 2.66. The quantitative estimate of drug-likeness (QED) is 0.723. The summed E-state index contributed by atoms with van der Waals surface area (Å²) in [5.41, 5.74) is 20.3. The van der Waals surface area contributed by atoms with E-state index >= 15 is 0 Å². The standard InChI is InChI=1S/C14H17N3O/c1-2-9-3-4-14(13(17)5-9)18-12-7-10(15)6-11(16)8-12/h3-8H,2,15-17H2,1H3. The molecule has 2 rings (SSSR count). The molecule has 18 heavy (non-hydrogen) atoms. The molecule has 0 saturated heterocycles. The average Bonchev–Trinajstić information content (AvgIpc) is 2.30. The van der Waals surface area contributed by atoms with Crippen LogP contribution in [0, 0.1) is 0 Å². The van der Waals surface area contributed by atoms with E-state index in [1.165, 1.54) is 5.56 Å². The topological polar surface area (TPSA) is 87.3 Å². The van der Waals surface area contributed by atoms with Gasteiger partial charge in [0.25, 0.3) is 0 Å². The van der Waals surface area contributed by atoms with E-state index in [0.717, 1.165) is 6.42 Å². The van der Waals surface area contributed by atoms with Crippen molar-refractivity contribution in [1.29, 1.82) is 0 Å². The number of nitrogens with two attached hydrogens (primary N) is 3. The Morgan fingerprint density at radius 3 is 2.17 bits per heavy atom. The van der Waals surface area contributed by atoms with Crippen molar-refractivity contribution < 1.29 is 4.74 Å². The van der Waals surface area contributed by atoms with Crippen LogP contribution in [0.4, 0.5) is 17.1 Å². The van der Waals surface area contributed by atoms with Crippen LogP contribution in [-0.4, -0.2) is 0 Å². The van der Waals surface area contributed by atoms with E-state index in [0.29, 0.717) is 28.6 Å².